The standard InChI is InChI=1S/C13H12INO2/c1-9-3-2-4-10(5-9)7-15-8-11(14)6-12(15)13(16)17/h2-6,8H,7H2,1H3,(H,16,17). The Hall–Kier alpha value is -1.30. The minimum absolute atomic E-state index is 0.330. The summed E-state index contributed by atoms with van der Waals surface area (Å²) < 4.78 is 2.70. The Morgan fingerprint density at radius 1 is 1.41 bits per heavy atom. The van der Waals surface area contributed by atoms with E-state index in [1.165, 1.54) is 5.56 Å². The number of benzene rings is 1. The van der Waals surface area contributed by atoms with Gasteiger partial charge in [-0.2, -0.15) is 0 Å². The van der Waals surface area contributed by atoms with E-state index in [2.05, 4.69) is 28.7 Å². The third-order valence-corrected chi connectivity index (χ3v) is 3.11. The molecule has 0 aliphatic carbocycles. The summed E-state index contributed by atoms with van der Waals surface area (Å²) in [6.45, 7) is 2.62. The van der Waals surface area contributed by atoms with E-state index in [9.17, 15) is 4.79 Å². The van der Waals surface area contributed by atoms with E-state index in [4.69, 9.17) is 5.11 Å². The Bertz CT molecular complexity index is 560. The number of carbonyl (C=O) groups is 1. The minimum atomic E-state index is -0.888. The second kappa shape index (κ2) is 4.91. The van der Waals surface area contributed by atoms with Crippen LogP contribution in [0.5, 0.6) is 0 Å². The first-order valence-corrected chi connectivity index (χ1v) is 6.28. The van der Waals surface area contributed by atoms with E-state index in [-0.39, 0.29) is 0 Å². The lowest BCUT2D eigenvalue weighted by molar-refractivity contribution is 0.0685. The van der Waals surface area contributed by atoms with Gasteiger partial charge in [-0.15, -0.1) is 0 Å². The van der Waals surface area contributed by atoms with Gasteiger partial charge in [0.25, 0.3) is 0 Å². The molecular weight excluding hydrogens is 329 g/mol. The van der Waals surface area contributed by atoms with Crippen molar-refractivity contribution in [2.24, 2.45) is 0 Å². The van der Waals surface area contributed by atoms with Crippen LogP contribution in [0.15, 0.2) is 36.5 Å². The summed E-state index contributed by atoms with van der Waals surface area (Å²) in [5, 5.41) is 9.09. The summed E-state index contributed by atoms with van der Waals surface area (Å²) in [6, 6.07) is 9.77. The number of aryl methyl sites for hydroxylation is 1. The Morgan fingerprint density at radius 2 is 2.18 bits per heavy atom. The van der Waals surface area contributed by atoms with Gasteiger partial charge in [-0.3, -0.25) is 0 Å². The van der Waals surface area contributed by atoms with Crippen molar-refractivity contribution in [3.05, 3.63) is 56.9 Å². The zero-order valence-electron chi connectivity index (χ0n) is 9.35. The lowest BCUT2D eigenvalue weighted by Crippen LogP contribution is -2.08. The summed E-state index contributed by atoms with van der Waals surface area (Å²) >= 11 is 2.12. The van der Waals surface area contributed by atoms with Gasteiger partial charge in [-0.1, -0.05) is 29.8 Å². The van der Waals surface area contributed by atoms with E-state index >= 15 is 0 Å². The second-order valence-electron chi connectivity index (χ2n) is 3.97. The van der Waals surface area contributed by atoms with Crippen LogP contribution in [0.4, 0.5) is 0 Å². The number of aromatic nitrogens is 1. The number of carboxylic acid groups (broad SMARTS) is 1. The molecule has 1 aromatic carbocycles. The predicted octanol–water partition coefficient (Wildman–Crippen LogP) is 3.15. The van der Waals surface area contributed by atoms with Crippen LogP contribution < -0.4 is 0 Å². The molecular formula is C13H12INO2. The maximum absolute atomic E-state index is 11.1. The normalized spacial score (nSPS) is 10.5. The molecule has 0 saturated carbocycles. The van der Waals surface area contributed by atoms with Crippen LogP contribution in [0, 0.1) is 10.5 Å². The Balaban J connectivity index is 2.32. The SMILES string of the molecule is Cc1cccc(Cn2cc(I)cc2C(=O)O)c1. The van der Waals surface area contributed by atoms with Crippen LogP contribution in [-0.4, -0.2) is 15.6 Å². The van der Waals surface area contributed by atoms with Gasteiger partial charge in [0, 0.05) is 16.3 Å². The molecule has 3 nitrogen and oxygen atoms in total. The highest BCUT2D eigenvalue weighted by Crippen LogP contribution is 2.14. The number of nitrogens with zero attached hydrogens (tertiary/aromatic N) is 1. The Labute approximate surface area is 113 Å². The smallest absolute Gasteiger partial charge is 0.352 e. The maximum atomic E-state index is 11.1. The van der Waals surface area contributed by atoms with Gasteiger partial charge in [-0.25, -0.2) is 4.79 Å². The molecule has 0 spiro atoms. The number of hydrogen-bond acceptors (Lipinski definition) is 1. The van der Waals surface area contributed by atoms with Crippen molar-refractivity contribution >= 4 is 28.6 Å². The van der Waals surface area contributed by atoms with Crippen LogP contribution in [0.3, 0.4) is 0 Å². The third-order valence-electron chi connectivity index (χ3n) is 2.52. The Morgan fingerprint density at radius 3 is 2.82 bits per heavy atom. The van der Waals surface area contributed by atoms with Crippen LogP contribution >= 0.6 is 22.6 Å². The number of rotatable bonds is 3. The van der Waals surface area contributed by atoms with Crippen LogP contribution in [-0.2, 0) is 6.54 Å². The largest absolute Gasteiger partial charge is 0.477 e. The molecule has 1 aromatic heterocycles. The molecule has 0 amide bonds. The average molecular weight is 341 g/mol. The van der Waals surface area contributed by atoms with Crippen molar-refractivity contribution < 1.29 is 9.90 Å². The van der Waals surface area contributed by atoms with Crippen molar-refractivity contribution in [2.75, 3.05) is 0 Å². The fourth-order valence-corrected chi connectivity index (χ4v) is 2.42. The number of halogens is 1. The lowest BCUT2D eigenvalue weighted by atomic mass is 10.1. The molecule has 0 bridgehead atoms. The summed E-state index contributed by atoms with van der Waals surface area (Å²) in [7, 11) is 0. The first-order valence-electron chi connectivity index (χ1n) is 5.21. The van der Waals surface area contributed by atoms with Crippen molar-refractivity contribution in [3.8, 4) is 0 Å². The van der Waals surface area contributed by atoms with Gasteiger partial charge >= 0.3 is 5.97 Å². The molecule has 88 valence electrons. The fourth-order valence-electron chi connectivity index (χ4n) is 1.79. The zero-order chi connectivity index (χ0) is 12.4. The number of hydrogen-bond donors (Lipinski definition) is 1. The van der Waals surface area contributed by atoms with Gasteiger partial charge in [0.05, 0.1) is 0 Å². The van der Waals surface area contributed by atoms with E-state index in [1.54, 1.807) is 10.6 Å². The lowest BCUT2D eigenvalue weighted by Gasteiger charge is -2.06. The van der Waals surface area contributed by atoms with Gasteiger partial charge < -0.3 is 9.67 Å². The van der Waals surface area contributed by atoms with Crippen molar-refractivity contribution in [2.45, 2.75) is 13.5 Å². The minimum Gasteiger partial charge on any atom is -0.477 e. The Kier molecular flexibility index (Phi) is 3.51. The van der Waals surface area contributed by atoms with Crippen LogP contribution in [0.2, 0.25) is 0 Å². The summed E-state index contributed by atoms with van der Waals surface area (Å²) in [6.07, 6.45) is 1.85. The molecule has 0 aliphatic heterocycles. The zero-order valence-corrected chi connectivity index (χ0v) is 11.5. The highest BCUT2D eigenvalue weighted by molar-refractivity contribution is 14.1. The predicted molar refractivity (Wildman–Crippen MR) is 74.4 cm³/mol. The number of aromatic carboxylic acids is 1. The van der Waals surface area contributed by atoms with E-state index < -0.39 is 5.97 Å². The molecule has 0 radical (unpaired) electrons. The van der Waals surface area contributed by atoms with Gasteiger partial charge in [0.2, 0.25) is 0 Å². The molecule has 1 N–H and O–H groups in total. The van der Waals surface area contributed by atoms with Crippen molar-refractivity contribution in [1.82, 2.24) is 4.57 Å². The maximum Gasteiger partial charge on any atom is 0.352 e. The number of carboxylic acids is 1. The summed E-state index contributed by atoms with van der Waals surface area (Å²) in [4.78, 5) is 11.1. The highest BCUT2D eigenvalue weighted by Gasteiger charge is 2.11. The molecule has 2 aromatic rings. The molecule has 1 heterocycles. The molecule has 4 heteroatoms. The quantitative estimate of drug-likeness (QED) is 0.872. The summed E-state index contributed by atoms with van der Waals surface area (Å²) in [5.41, 5.74) is 2.62. The first kappa shape index (κ1) is 12.2. The van der Waals surface area contributed by atoms with Crippen LogP contribution in [0.1, 0.15) is 21.6 Å². The topological polar surface area (TPSA) is 42.2 Å². The van der Waals surface area contributed by atoms with Crippen molar-refractivity contribution in [3.63, 3.8) is 0 Å². The van der Waals surface area contributed by atoms with Gasteiger partial charge in [-0.05, 0) is 41.1 Å². The fraction of sp³-hybridized carbons (Fsp3) is 0.154. The van der Waals surface area contributed by atoms with Gasteiger partial charge in [0.15, 0.2) is 0 Å². The van der Waals surface area contributed by atoms with Gasteiger partial charge in [0.1, 0.15) is 5.69 Å². The monoisotopic (exact) mass is 341 g/mol. The molecule has 0 saturated heterocycles. The average Bonchev–Trinajstić information content (AvgIpc) is 2.59. The van der Waals surface area contributed by atoms with E-state index in [0.29, 0.717) is 12.2 Å². The summed E-state index contributed by atoms with van der Waals surface area (Å²) in [5.74, 6) is -0.888. The second-order valence-corrected chi connectivity index (χ2v) is 5.21. The molecule has 0 unspecified atom stereocenters. The third kappa shape index (κ3) is 2.88. The molecule has 2 rings (SSSR count). The molecule has 0 atom stereocenters. The van der Waals surface area contributed by atoms with Crippen molar-refractivity contribution in [1.29, 1.82) is 0 Å². The molecule has 0 aliphatic rings. The first-order chi connectivity index (χ1) is 8.06. The van der Waals surface area contributed by atoms with E-state index in [0.717, 1.165) is 9.13 Å². The molecule has 17 heavy (non-hydrogen) atoms. The van der Waals surface area contributed by atoms with Crippen LogP contribution in [0.25, 0.3) is 0 Å². The highest BCUT2D eigenvalue weighted by atomic mass is 127. The molecule has 0 fully saturated rings. The van der Waals surface area contributed by atoms with E-state index in [1.807, 2.05) is 31.3 Å².